The molecule has 1 fully saturated rings. The molecule has 0 unspecified atom stereocenters. The lowest BCUT2D eigenvalue weighted by Gasteiger charge is -2.32. The molecule has 10 heteroatoms. The second-order valence-electron chi connectivity index (χ2n) is 7.42. The summed E-state index contributed by atoms with van der Waals surface area (Å²) in [5, 5.41) is 9.99. The van der Waals surface area contributed by atoms with Gasteiger partial charge in [-0.1, -0.05) is 18.2 Å². The van der Waals surface area contributed by atoms with Gasteiger partial charge in [0.1, 0.15) is 6.10 Å². The van der Waals surface area contributed by atoms with Crippen molar-refractivity contribution in [3.63, 3.8) is 0 Å². The first-order chi connectivity index (χ1) is 15.6. The highest BCUT2D eigenvalue weighted by Crippen LogP contribution is 2.27. The zero-order valence-electron chi connectivity index (χ0n) is 17.3. The summed E-state index contributed by atoms with van der Waals surface area (Å²) in [5.74, 6) is -0.368. The van der Waals surface area contributed by atoms with Crippen LogP contribution in [0.1, 0.15) is 32.5 Å². The zero-order valence-corrected chi connectivity index (χ0v) is 18.1. The third-order valence-electron chi connectivity index (χ3n) is 5.27. The number of carbonyl (C=O) groups is 2. The first-order valence-corrected chi connectivity index (χ1v) is 11.0. The van der Waals surface area contributed by atoms with E-state index < -0.39 is 6.10 Å². The number of aromatic nitrogens is 4. The fourth-order valence-corrected chi connectivity index (χ4v) is 4.25. The molecule has 162 valence electrons. The van der Waals surface area contributed by atoms with Crippen LogP contribution in [0.5, 0.6) is 0 Å². The number of fused-ring (bicyclic) bond motifs is 1. The molecule has 1 saturated heterocycles. The molecule has 0 spiro atoms. The van der Waals surface area contributed by atoms with E-state index >= 15 is 0 Å². The first-order valence-electron chi connectivity index (χ1n) is 10.1. The predicted octanol–water partition coefficient (Wildman–Crippen LogP) is 2.89. The van der Waals surface area contributed by atoms with Gasteiger partial charge in [-0.3, -0.25) is 19.6 Å². The van der Waals surface area contributed by atoms with Gasteiger partial charge in [-0.15, -0.1) is 11.3 Å². The van der Waals surface area contributed by atoms with Crippen LogP contribution in [0.15, 0.2) is 54.3 Å². The van der Waals surface area contributed by atoms with E-state index in [2.05, 4.69) is 15.4 Å². The molecule has 4 heterocycles. The second-order valence-corrected chi connectivity index (χ2v) is 8.31. The van der Waals surface area contributed by atoms with Gasteiger partial charge in [0.05, 0.1) is 41.7 Å². The molecule has 3 aromatic heterocycles. The highest BCUT2D eigenvalue weighted by atomic mass is 32.1. The van der Waals surface area contributed by atoms with Crippen molar-refractivity contribution in [3.8, 4) is 0 Å². The van der Waals surface area contributed by atoms with Gasteiger partial charge in [0.25, 0.3) is 11.8 Å². The van der Waals surface area contributed by atoms with E-state index in [0.29, 0.717) is 47.2 Å². The van der Waals surface area contributed by atoms with E-state index in [-0.39, 0.29) is 11.8 Å². The van der Waals surface area contributed by atoms with Crippen LogP contribution in [0.3, 0.4) is 0 Å². The van der Waals surface area contributed by atoms with Gasteiger partial charge in [-0.05, 0) is 12.1 Å². The van der Waals surface area contributed by atoms with Gasteiger partial charge in [0.2, 0.25) is 0 Å². The maximum atomic E-state index is 13.0. The average molecular weight is 449 g/mol. The molecule has 0 bridgehead atoms. The SMILES string of the molecule is Cn1cc(C(=O)N2CCO[C@@H](c3cc(C(=O)Nc4nccs4)c4ccccc4n3)C2)cn1. The highest BCUT2D eigenvalue weighted by Gasteiger charge is 2.29. The van der Waals surface area contributed by atoms with Crippen LogP contribution < -0.4 is 5.32 Å². The van der Waals surface area contributed by atoms with Crippen LogP contribution in [0.2, 0.25) is 0 Å². The number of ether oxygens (including phenoxy) is 1. The molecular formula is C22H20N6O3S. The van der Waals surface area contributed by atoms with Crippen LogP contribution in [0.25, 0.3) is 10.9 Å². The maximum Gasteiger partial charge on any atom is 0.258 e. The Labute approximate surface area is 187 Å². The number of aryl methyl sites for hydroxylation is 1. The number of nitrogens with one attached hydrogen (secondary N) is 1. The van der Waals surface area contributed by atoms with Crippen LogP contribution in [-0.4, -0.2) is 56.2 Å². The molecule has 1 aromatic carbocycles. The van der Waals surface area contributed by atoms with Crippen LogP contribution in [-0.2, 0) is 11.8 Å². The molecule has 32 heavy (non-hydrogen) atoms. The normalized spacial score (nSPS) is 16.3. The number of morpholine rings is 1. The van der Waals surface area contributed by atoms with Crippen LogP contribution in [0, 0.1) is 0 Å². The van der Waals surface area contributed by atoms with Crippen molar-refractivity contribution in [2.24, 2.45) is 7.05 Å². The Bertz CT molecular complexity index is 1290. The Morgan fingerprint density at radius 3 is 2.94 bits per heavy atom. The summed E-state index contributed by atoms with van der Waals surface area (Å²) in [6.07, 6.45) is 4.45. The van der Waals surface area contributed by atoms with Gasteiger partial charge < -0.3 is 9.64 Å². The van der Waals surface area contributed by atoms with Crippen molar-refractivity contribution >= 4 is 39.2 Å². The van der Waals surface area contributed by atoms with Gasteiger partial charge in [-0.25, -0.2) is 9.97 Å². The molecular weight excluding hydrogens is 428 g/mol. The van der Waals surface area contributed by atoms with Crippen molar-refractivity contribution in [3.05, 3.63) is 71.1 Å². The van der Waals surface area contributed by atoms with E-state index in [9.17, 15) is 9.59 Å². The average Bonchev–Trinajstić information content (AvgIpc) is 3.49. The molecule has 1 aliphatic rings. The third kappa shape index (κ3) is 3.97. The predicted molar refractivity (Wildman–Crippen MR) is 120 cm³/mol. The molecule has 9 nitrogen and oxygen atoms in total. The number of thiazole rings is 1. The molecule has 4 aromatic rings. The van der Waals surface area contributed by atoms with Gasteiger partial charge in [-0.2, -0.15) is 5.10 Å². The Hall–Kier alpha value is -3.63. The van der Waals surface area contributed by atoms with Crippen LogP contribution >= 0.6 is 11.3 Å². The summed E-state index contributed by atoms with van der Waals surface area (Å²) in [5.41, 5.74) is 2.31. The number of pyridine rings is 1. The Morgan fingerprint density at radius 2 is 2.16 bits per heavy atom. The minimum Gasteiger partial charge on any atom is -0.368 e. The molecule has 1 atom stereocenters. The smallest absolute Gasteiger partial charge is 0.258 e. The largest absolute Gasteiger partial charge is 0.368 e. The van der Waals surface area contributed by atoms with E-state index in [1.165, 1.54) is 11.3 Å². The van der Waals surface area contributed by atoms with E-state index in [1.54, 1.807) is 46.7 Å². The minimum absolute atomic E-state index is 0.103. The Kier molecular flexibility index (Phi) is 5.38. The van der Waals surface area contributed by atoms with Gasteiger partial charge in [0, 0.05) is 36.8 Å². The number of rotatable bonds is 4. The number of para-hydroxylation sites is 1. The molecule has 2 amide bonds. The zero-order chi connectivity index (χ0) is 22.1. The Balaban J connectivity index is 1.45. The number of anilines is 1. The topological polar surface area (TPSA) is 102 Å². The number of hydrogen-bond donors (Lipinski definition) is 1. The molecule has 1 aliphatic heterocycles. The van der Waals surface area contributed by atoms with Crippen molar-refractivity contribution in [1.29, 1.82) is 0 Å². The monoisotopic (exact) mass is 448 g/mol. The number of carbonyl (C=O) groups excluding carboxylic acids is 2. The van der Waals surface area contributed by atoms with Gasteiger partial charge in [0.15, 0.2) is 5.13 Å². The Morgan fingerprint density at radius 1 is 1.28 bits per heavy atom. The molecule has 0 saturated carbocycles. The minimum atomic E-state index is -0.444. The van der Waals surface area contributed by atoms with Crippen molar-refractivity contribution in [2.75, 3.05) is 25.0 Å². The standard InChI is InChI=1S/C22H20N6O3S/c1-27-12-14(11-24-27)21(30)28-7-8-31-19(13-28)18-10-16(15-4-2-3-5-17(15)25-18)20(29)26-22-23-6-9-32-22/h2-6,9-12,19H,7-8,13H2,1H3,(H,23,26,29)/t19-/m1/s1. The molecule has 0 radical (unpaired) electrons. The summed E-state index contributed by atoms with van der Waals surface area (Å²) in [7, 11) is 1.77. The van der Waals surface area contributed by atoms with E-state index in [0.717, 1.165) is 5.39 Å². The lowest BCUT2D eigenvalue weighted by Crippen LogP contribution is -2.42. The molecule has 5 rings (SSSR count). The summed E-state index contributed by atoms with van der Waals surface area (Å²) in [6, 6.07) is 9.22. The maximum absolute atomic E-state index is 13.0. The van der Waals surface area contributed by atoms with Gasteiger partial charge >= 0.3 is 0 Å². The summed E-state index contributed by atoms with van der Waals surface area (Å²) >= 11 is 1.35. The van der Waals surface area contributed by atoms with Crippen molar-refractivity contribution in [2.45, 2.75) is 6.10 Å². The number of nitrogens with zero attached hydrogens (tertiary/aromatic N) is 5. The molecule has 1 N–H and O–H groups in total. The summed E-state index contributed by atoms with van der Waals surface area (Å²) < 4.78 is 7.56. The van der Waals surface area contributed by atoms with Crippen molar-refractivity contribution in [1.82, 2.24) is 24.6 Å². The fraction of sp³-hybridized carbons (Fsp3) is 0.227. The fourth-order valence-electron chi connectivity index (χ4n) is 3.73. The van der Waals surface area contributed by atoms with Crippen molar-refractivity contribution < 1.29 is 14.3 Å². The quantitative estimate of drug-likeness (QED) is 0.515. The van der Waals surface area contributed by atoms with E-state index in [1.807, 2.05) is 24.3 Å². The second kappa shape index (κ2) is 8.48. The number of benzene rings is 1. The van der Waals surface area contributed by atoms with Crippen LogP contribution in [0.4, 0.5) is 5.13 Å². The highest BCUT2D eigenvalue weighted by molar-refractivity contribution is 7.13. The molecule has 0 aliphatic carbocycles. The first kappa shape index (κ1) is 20.3. The summed E-state index contributed by atoms with van der Waals surface area (Å²) in [4.78, 5) is 36.5. The number of hydrogen-bond acceptors (Lipinski definition) is 7. The third-order valence-corrected chi connectivity index (χ3v) is 5.96. The van der Waals surface area contributed by atoms with E-state index in [4.69, 9.17) is 9.72 Å². The lowest BCUT2D eigenvalue weighted by molar-refractivity contribution is -0.0246. The lowest BCUT2D eigenvalue weighted by atomic mass is 10.0. The number of amides is 2. The summed E-state index contributed by atoms with van der Waals surface area (Å²) in [6.45, 7) is 1.20.